The largest absolute Gasteiger partial charge is 0.481 e. The van der Waals surface area contributed by atoms with Gasteiger partial charge in [-0.25, -0.2) is 4.98 Å². The van der Waals surface area contributed by atoms with Crippen LogP contribution in [0.2, 0.25) is 0 Å². The summed E-state index contributed by atoms with van der Waals surface area (Å²) < 4.78 is 6.61. The van der Waals surface area contributed by atoms with Gasteiger partial charge >= 0.3 is 5.97 Å². The summed E-state index contributed by atoms with van der Waals surface area (Å²) in [6.45, 7) is 1.70. The maximum absolute atomic E-state index is 12.6. The van der Waals surface area contributed by atoms with Gasteiger partial charge in [-0.05, 0) is 31.4 Å². The number of carboxylic acid groups (broad SMARTS) is 1. The number of ether oxygens (including phenoxy) is 1. The highest BCUT2D eigenvalue weighted by Crippen LogP contribution is 2.42. The maximum atomic E-state index is 12.6. The van der Waals surface area contributed by atoms with Crippen LogP contribution in [-0.4, -0.2) is 53.2 Å². The quantitative estimate of drug-likeness (QED) is 0.870. The number of hydrogen-bond donors (Lipinski definition) is 1. The van der Waals surface area contributed by atoms with Crippen LogP contribution in [0, 0.1) is 11.3 Å². The number of amides is 1. The number of aryl methyl sites for hydroxylation is 1. The van der Waals surface area contributed by atoms with Crippen LogP contribution < -0.4 is 0 Å². The third-order valence-corrected chi connectivity index (χ3v) is 6.70. The lowest BCUT2D eigenvalue weighted by Gasteiger charge is -2.33. The first-order valence-electron chi connectivity index (χ1n) is 9.02. The molecule has 2 saturated heterocycles. The van der Waals surface area contributed by atoms with Crippen molar-refractivity contribution >= 4 is 33.4 Å². The van der Waals surface area contributed by atoms with E-state index in [0.29, 0.717) is 39.1 Å². The minimum absolute atomic E-state index is 0.0427. The molecule has 2 aromatic rings. The first-order chi connectivity index (χ1) is 12.6. The Hall–Kier alpha value is -1.99. The number of carbonyl (C=O) groups is 2. The Morgan fingerprint density at radius 2 is 2.23 bits per heavy atom. The number of nitrogens with zero attached hydrogens (tertiary/aromatic N) is 2. The van der Waals surface area contributed by atoms with Crippen LogP contribution in [0.25, 0.3) is 10.2 Å². The van der Waals surface area contributed by atoms with Crippen molar-refractivity contribution in [3.8, 4) is 0 Å². The maximum Gasteiger partial charge on any atom is 0.311 e. The molecule has 1 N–H and O–H groups in total. The third-order valence-electron chi connectivity index (χ3n) is 5.60. The minimum atomic E-state index is -0.819. The molecule has 0 aliphatic carbocycles. The number of para-hydroxylation sites is 1. The Morgan fingerprint density at radius 1 is 1.38 bits per heavy atom. The predicted molar refractivity (Wildman–Crippen MR) is 98.1 cm³/mol. The molecule has 0 saturated carbocycles. The molecule has 138 valence electrons. The second-order valence-electron chi connectivity index (χ2n) is 7.19. The molecule has 2 aliphatic heterocycles. The van der Waals surface area contributed by atoms with Crippen LogP contribution in [0.5, 0.6) is 0 Å². The van der Waals surface area contributed by atoms with Crippen LogP contribution in [0.4, 0.5) is 0 Å². The van der Waals surface area contributed by atoms with Gasteiger partial charge in [0.05, 0.1) is 27.2 Å². The van der Waals surface area contributed by atoms with Crippen LogP contribution in [0.1, 0.15) is 24.3 Å². The van der Waals surface area contributed by atoms with Gasteiger partial charge in [0.2, 0.25) is 5.91 Å². The van der Waals surface area contributed by atoms with E-state index in [1.165, 1.54) is 4.70 Å². The van der Waals surface area contributed by atoms with Crippen LogP contribution in [-0.2, 0) is 20.7 Å². The lowest BCUT2D eigenvalue weighted by Crippen LogP contribution is -2.45. The Kier molecular flexibility index (Phi) is 4.67. The Labute approximate surface area is 155 Å². The fourth-order valence-corrected chi connectivity index (χ4v) is 5.07. The van der Waals surface area contributed by atoms with Crippen molar-refractivity contribution < 1.29 is 19.4 Å². The smallest absolute Gasteiger partial charge is 0.311 e. The van der Waals surface area contributed by atoms with E-state index in [2.05, 4.69) is 11.1 Å². The van der Waals surface area contributed by atoms with Crippen molar-refractivity contribution in [3.05, 3.63) is 29.3 Å². The van der Waals surface area contributed by atoms with Gasteiger partial charge in [-0.2, -0.15) is 0 Å². The zero-order valence-electron chi connectivity index (χ0n) is 14.5. The van der Waals surface area contributed by atoms with Crippen LogP contribution in [0.3, 0.4) is 0 Å². The monoisotopic (exact) mass is 374 g/mol. The second-order valence-corrected chi connectivity index (χ2v) is 8.30. The van der Waals surface area contributed by atoms with Crippen molar-refractivity contribution in [1.29, 1.82) is 0 Å². The summed E-state index contributed by atoms with van der Waals surface area (Å²) in [5.41, 5.74) is 0.187. The molecule has 2 aliphatic rings. The topological polar surface area (TPSA) is 79.7 Å². The first-order valence-corrected chi connectivity index (χ1v) is 9.83. The number of thiazole rings is 1. The number of likely N-dealkylation sites (tertiary alicyclic amines) is 1. The normalized spacial score (nSPS) is 25.4. The number of fused-ring (bicyclic) bond motifs is 2. The molecule has 3 heterocycles. The molecule has 1 amide bonds. The number of rotatable bonds is 5. The summed E-state index contributed by atoms with van der Waals surface area (Å²) in [6.07, 6.45) is 2.42. The van der Waals surface area contributed by atoms with E-state index < -0.39 is 11.4 Å². The molecule has 1 aromatic heterocycles. The minimum Gasteiger partial charge on any atom is -0.481 e. The number of aliphatic carboxylic acids is 1. The molecule has 1 aromatic carbocycles. The molecular weight excluding hydrogens is 352 g/mol. The first kappa shape index (κ1) is 17.4. The predicted octanol–water partition coefficient (Wildman–Crippen LogP) is 2.57. The fraction of sp³-hybridized carbons (Fsp3) is 0.526. The Morgan fingerprint density at radius 3 is 3.00 bits per heavy atom. The number of aromatic nitrogens is 1. The number of carbonyl (C=O) groups excluding carboxylic acids is 1. The van der Waals surface area contributed by atoms with E-state index in [0.717, 1.165) is 23.4 Å². The average molecular weight is 374 g/mol. The molecule has 7 heteroatoms. The summed E-state index contributed by atoms with van der Waals surface area (Å²) >= 11 is 1.67. The molecule has 26 heavy (non-hydrogen) atoms. The van der Waals surface area contributed by atoms with Crippen LogP contribution in [0.15, 0.2) is 24.3 Å². The molecule has 0 radical (unpaired) electrons. The molecule has 0 bridgehead atoms. The van der Waals surface area contributed by atoms with Gasteiger partial charge in [-0.15, -0.1) is 11.3 Å². The van der Waals surface area contributed by atoms with E-state index in [1.54, 1.807) is 16.2 Å². The fourth-order valence-electron chi connectivity index (χ4n) is 4.07. The number of hydrogen-bond acceptors (Lipinski definition) is 5. The standard InChI is InChI=1S/C19H22N2O4S/c22-17(7-3-6-16-20-14-4-1-2-5-15(14)26-16)21-10-13-11-25-9-8-19(13,12-21)18(23)24/h1-2,4-5,13H,3,6-12H2,(H,23,24)/t13-,19+/m0/s1. The molecule has 4 rings (SSSR count). The van der Waals surface area contributed by atoms with Gasteiger partial charge in [0.25, 0.3) is 0 Å². The summed E-state index contributed by atoms with van der Waals surface area (Å²) in [7, 11) is 0. The zero-order valence-corrected chi connectivity index (χ0v) is 15.3. The highest BCUT2D eigenvalue weighted by atomic mass is 32.1. The van der Waals surface area contributed by atoms with Crippen molar-refractivity contribution in [3.63, 3.8) is 0 Å². The third kappa shape index (κ3) is 3.10. The van der Waals surface area contributed by atoms with Gasteiger partial charge in [0.15, 0.2) is 0 Å². The van der Waals surface area contributed by atoms with Crippen molar-refractivity contribution in [2.24, 2.45) is 11.3 Å². The second kappa shape index (κ2) is 6.96. The molecule has 2 fully saturated rings. The highest BCUT2D eigenvalue weighted by molar-refractivity contribution is 7.18. The average Bonchev–Trinajstić information content (AvgIpc) is 3.23. The highest BCUT2D eigenvalue weighted by Gasteiger charge is 2.54. The van der Waals surface area contributed by atoms with E-state index in [1.807, 2.05) is 18.2 Å². The van der Waals surface area contributed by atoms with Gasteiger partial charge in [0, 0.05) is 32.0 Å². The number of benzene rings is 1. The Bertz CT molecular complexity index is 803. The SMILES string of the molecule is O=C(CCCc1nc2ccccc2s1)N1C[C@H]2COCC[C@@]2(C(=O)O)C1. The van der Waals surface area contributed by atoms with E-state index in [4.69, 9.17) is 4.74 Å². The van der Waals surface area contributed by atoms with Crippen LogP contribution >= 0.6 is 11.3 Å². The summed E-state index contributed by atoms with van der Waals surface area (Å²) in [6, 6.07) is 8.04. The van der Waals surface area contributed by atoms with Gasteiger partial charge in [-0.3, -0.25) is 9.59 Å². The molecule has 6 nitrogen and oxygen atoms in total. The lowest BCUT2D eigenvalue weighted by atomic mass is 9.74. The number of carboxylic acids is 1. The summed E-state index contributed by atoms with van der Waals surface area (Å²) in [5, 5.41) is 10.7. The Balaban J connectivity index is 1.34. The van der Waals surface area contributed by atoms with Crippen molar-refractivity contribution in [1.82, 2.24) is 9.88 Å². The van der Waals surface area contributed by atoms with E-state index in [9.17, 15) is 14.7 Å². The van der Waals surface area contributed by atoms with Gasteiger partial charge < -0.3 is 14.7 Å². The zero-order chi connectivity index (χ0) is 18.1. The molecule has 2 atom stereocenters. The van der Waals surface area contributed by atoms with Crippen molar-refractivity contribution in [2.75, 3.05) is 26.3 Å². The molecular formula is C19H22N2O4S. The summed E-state index contributed by atoms with van der Waals surface area (Å²) in [4.78, 5) is 30.7. The van der Waals surface area contributed by atoms with Gasteiger partial charge in [-0.1, -0.05) is 12.1 Å². The lowest BCUT2D eigenvalue weighted by molar-refractivity contribution is -0.157. The van der Waals surface area contributed by atoms with E-state index in [-0.39, 0.29) is 11.8 Å². The van der Waals surface area contributed by atoms with Gasteiger partial charge in [0.1, 0.15) is 0 Å². The molecule has 0 unspecified atom stereocenters. The van der Waals surface area contributed by atoms with E-state index >= 15 is 0 Å². The molecule has 0 spiro atoms. The summed E-state index contributed by atoms with van der Waals surface area (Å²) in [5.74, 6) is -0.848. The van der Waals surface area contributed by atoms with Crippen molar-refractivity contribution in [2.45, 2.75) is 25.7 Å².